The van der Waals surface area contributed by atoms with Crippen molar-refractivity contribution in [1.29, 1.82) is 0 Å². The minimum absolute atomic E-state index is 0.338. The van der Waals surface area contributed by atoms with Gasteiger partial charge in [-0.25, -0.2) is 0 Å². The molecule has 0 saturated heterocycles. The molecule has 5 heteroatoms. The van der Waals surface area contributed by atoms with E-state index in [1.807, 2.05) is 43.3 Å². The van der Waals surface area contributed by atoms with Crippen LogP contribution in [0.4, 0.5) is 0 Å². The van der Waals surface area contributed by atoms with Crippen LogP contribution in [-0.4, -0.2) is 18.1 Å². The fourth-order valence-electron chi connectivity index (χ4n) is 2.43. The lowest BCUT2D eigenvalue weighted by Gasteiger charge is -2.12. The summed E-state index contributed by atoms with van der Waals surface area (Å²) < 4.78 is 10.6. The Morgan fingerprint density at radius 2 is 1.79 bits per heavy atom. The number of nitrogens with zero attached hydrogens (tertiary/aromatic N) is 1. The zero-order chi connectivity index (χ0) is 17.1. The molecule has 0 aliphatic rings. The maximum absolute atomic E-state index is 12.3. The summed E-state index contributed by atoms with van der Waals surface area (Å²) in [5.41, 5.74) is 0.882. The van der Waals surface area contributed by atoms with Gasteiger partial charge in [0.2, 0.25) is 0 Å². The van der Waals surface area contributed by atoms with Crippen molar-refractivity contribution in [3.05, 3.63) is 65.4 Å². The van der Waals surface area contributed by atoms with Crippen LogP contribution in [-0.2, 0) is 4.79 Å². The van der Waals surface area contributed by atoms with E-state index >= 15 is 0 Å². The highest BCUT2D eigenvalue weighted by atomic mass is 35.5. The first kappa shape index (κ1) is 16.3. The van der Waals surface area contributed by atoms with Crippen molar-refractivity contribution in [3.8, 4) is 11.5 Å². The summed E-state index contributed by atoms with van der Waals surface area (Å²) in [5, 5.41) is 2.52. The third-order valence-electron chi connectivity index (χ3n) is 3.82. The first-order valence-corrected chi connectivity index (χ1v) is 7.84. The molecule has 1 aromatic heterocycles. The fraction of sp³-hybridized carbons (Fsp3) is 0.158. The summed E-state index contributed by atoms with van der Waals surface area (Å²) >= 11 is 5.85. The molecule has 0 saturated carbocycles. The second-order valence-corrected chi connectivity index (χ2v) is 5.89. The molecule has 0 radical (unpaired) electrons. The van der Waals surface area contributed by atoms with Crippen molar-refractivity contribution in [2.45, 2.75) is 12.8 Å². The van der Waals surface area contributed by atoms with Gasteiger partial charge < -0.3 is 9.47 Å². The predicted molar refractivity (Wildman–Crippen MR) is 93.8 cm³/mol. The van der Waals surface area contributed by atoms with Crippen molar-refractivity contribution in [2.75, 3.05) is 7.11 Å². The molecule has 0 bridgehead atoms. The number of benzene rings is 2. The molecule has 2 aromatic carbocycles. The minimum Gasteiger partial charge on any atom is -0.497 e. The van der Waals surface area contributed by atoms with Crippen LogP contribution in [0, 0.1) is 0 Å². The molecule has 1 heterocycles. The molecule has 0 spiro atoms. The standard InChI is InChI=1S/C19H16ClNO3/c1-12(19(22)24-18-9-16(20)10-21-11-18)13-3-4-15-8-17(23-2)6-5-14(15)7-13/h3-12H,1-2H3/t12-/m1/s1. The SMILES string of the molecule is COc1ccc2cc([C@@H](C)C(=O)Oc3cncc(Cl)c3)ccc2c1. The van der Waals surface area contributed by atoms with E-state index in [4.69, 9.17) is 21.1 Å². The number of pyridine rings is 1. The Labute approximate surface area is 145 Å². The lowest BCUT2D eigenvalue weighted by Crippen LogP contribution is -2.16. The topological polar surface area (TPSA) is 48.4 Å². The summed E-state index contributed by atoms with van der Waals surface area (Å²) in [4.78, 5) is 16.3. The van der Waals surface area contributed by atoms with E-state index in [2.05, 4.69) is 4.98 Å². The van der Waals surface area contributed by atoms with Crippen LogP contribution in [0.2, 0.25) is 5.02 Å². The van der Waals surface area contributed by atoms with E-state index in [0.29, 0.717) is 10.8 Å². The average Bonchev–Trinajstić information content (AvgIpc) is 2.60. The Bertz CT molecular complexity index is 895. The summed E-state index contributed by atoms with van der Waals surface area (Å²) in [7, 11) is 1.64. The molecule has 4 nitrogen and oxygen atoms in total. The molecular weight excluding hydrogens is 326 g/mol. The van der Waals surface area contributed by atoms with E-state index in [1.165, 1.54) is 12.4 Å². The van der Waals surface area contributed by atoms with Gasteiger partial charge in [0, 0.05) is 12.3 Å². The highest BCUT2D eigenvalue weighted by molar-refractivity contribution is 6.30. The van der Waals surface area contributed by atoms with Crippen LogP contribution in [0.25, 0.3) is 10.8 Å². The molecule has 1 atom stereocenters. The van der Waals surface area contributed by atoms with Gasteiger partial charge in [0.15, 0.2) is 5.75 Å². The van der Waals surface area contributed by atoms with Gasteiger partial charge in [-0.3, -0.25) is 9.78 Å². The summed E-state index contributed by atoms with van der Waals surface area (Å²) in [6.07, 6.45) is 2.95. The van der Waals surface area contributed by atoms with Crippen LogP contribution in [0.5, 0.6) is 11.5 Å². The number of aromatic nitrogens is 1. The number of rotatable bonds is 4. The fourth-order valence-corrected chi connectivity index (χ4v) is 2.59. The third kappa shape index (κ3) is 3.49. The van der Waals surface area contributed by atoms with Crippen LogP contribution >= 0.6 is 11.6 Å². The smallest absolute Gasteiger partial charge is 0.318 e. The number of halogens is 1. The monoisotopic (exact) mass is 341 g/mol. The number of esters is 1. The number of carbonyl (C=O) groups is 1. The molecule has 3 rings (SSSR count). The number of hydrogen-bond donors (Lipinski definition) is 0. The minimum atomic E-state index is -0.407. The Hall–Kier alpha value is -2.59. The highest BCUT2D eigenvalue weighted by Crippen LogP contribution is 2.26. The van der Waals surface area contributed by atoms with E-state index in [1.54, 1.807) is 13.2 Å². The molecule has 24 heavy (non-hydrogen) atoms. The van der Waals surface area contributed by atoms with Crippen molar-refractivity contribution >= 4 is 28.3 Å². The second-order valence-electron chi connectivity index (χ2n) is 5.45. The molecule has 3 aromatic rings. The van der Waals surface area contributed by atoms with E-state index in [-0.39, 0.29) is 5.97 Å². The molecule has 122 valence electrons. The van der Waals surface area contributed by atoms with Crippen molar-refractivity contribution < 1.29 is 14.3 Å². The normalized spacial score (nSPS) is 12.0. The zero-order valence-electron chi connectivity index (χ0n) is 13.3. The molecule has 0 unspecified atom stereocenters. The first-order chi connectivity index (χ1) is 11.6. The van der Waals surface area contributed by atoms with Crippen molar-refractivity contribution in [2.24, 2.45) is 0 Å². The van der Waals surface area contributed by atoms with Gasteiger partial charge in [-0.15, -0.1) is 0 Å². The predicted octanol–water partition coefficient (Wildman–Crippen LogP) is 4.61. The Balaban J connectivity index is 1.82. The molecular formula is C19H16ClNO3. The Morgan fingerprint density at radius 1 is 1.04 bits per heavy atom. The van der Waals surface area contributed by atoms with Gasteiger partial charge in [-0.2, -0.15) is 0 Å². The lowest BCUT2D eigenvalue weighted by molar-refractivity contribution is -0.135. The number of fused-ring (bicyclic) bond motifs is 1. The van der Waals surface area contributed by atoms with E-state index in [0.717, 1.165) is 22.1 Å². The Kier molecular flexibility index (Phi) is 4.67. The van der Waals surface area contributed by atoms with E-state index in [9.17, 15) is 4.79 Å². The van der Waals surface area contributed by atoms with Crippen LogP contribution in [0.1, 0.15) is 18.4 Å². The van der Waals surface area contributed by atoms with Crippen LogP contribution in [0.15, 0.2) is 54.9 Å². The van der Waals surface area contributed by atoms with Crippen LogP contribution in [0.3, 0.4) is 0 Å². The molecule has 0 fully saturated rings. The first-order valence-electron chi connectivity index (χ1n) is 7.47. The van der Waals surface area contributed by atoms with Gasteiger partial charge in [0.1, 0.15) is 5.75 Å². The maximum atomic E-state index is 12.3. The molecule has 0 N–H and O–H groups in total. The zero-order valence-corrected chi connectivity index (χ0v) is 14.1. The number of hydrogen-bond acceptors (Lipinski definition) is 4. The van der Waals surface area contributed by atoms with Gasteiger partial charge in [0.25, 0.3) is 0 Å². The summed E-state index contributed by atoms with van der Waals surface area (Å²) in [5.74, 6) is 0.378. The lowest BCUT2D eigenvalue weighted by atomic mass is 9.98. The largest absolute Gasteiger partial charge is 0.497 e. The highest BCUT2D eigenvalue weighted by Gasteiger charge is 2.18. The molecule has 0 aliphatic carbocycles. The molecule has 0 aliphatic heterocycles. The van der Waals surface area contributed by atoms with Gasteiger partial charge in [0.05, 0.1) is 24.2 Å². The summed E-state index contributed by atoms with van der Waals surface area (Å²) in [6, 6.07) is 13.3. The average molecular weight is 342 g/mol. The molecule has 0 amide bonds. The number of carbonyl (C=O) groups excluding carboxylic acids is 1. The Morgan fingerprint density at radius 3 is 2.54 bits per heavy atom. The van der Waals surface area contributed by atoms with Gasteiger partial charge >= 0.3 is 5.97 Å². The number of methoxy groups -OCH3 is 1. The van der Waals surface area contributed by atoms with Crippen LogP contribution < -0.4 is 9.47 Å². The van der Waals surface area contributed by atoms with E-state index < -0.39 is 5.92 Å². The number of ether oxygens (including phenoxy) is 2. The second kappa shape index (κ2) is 6.89. The quantitative estimate of drug-likeness (QED) is 0.650. The summed E-state index contributed by atoms with van der Waals surface area (Å²) in [6.45, 7) is 1.81. The van der Waals surface area contributed by atoms with Crippen molar-refractivity contribution in [3.63, 3.8) is 0 Å². The van der Waals surface area contributed by atoms with Gasteiger partial charge in [-0.05, 0) is 35.4 Å². The third-order valence-corrected chi connectivity index (χ3v) is 4.03. The maximum Gasteiger partial charge on any atom is 0.318 e. The van der Waals surface area contributed by atoms with Gasteiger partial charge in [-0.1, -0.05) is 35.9 Å². The van der Waals surface area contributed by atoms with Crippen molar-refractivity contribution in [1.82, 2.24) is 4.98 Å².